The third-order valence-electron chi connectivity index (χ3n) is 7.32. The van der Waals surface area contributed by atoms with E-state index in [-0.39, 0.29) is 5.91 Å². The second-order valence-corrected chi connectivity index (χ2v) is 9.75. The van der Waals surface area contributed by atoms with Crippen LogP contribution in [0.5, 0.6) is 5.75 Å². The predicted octanol–water partition coefficient (Wildman–Crippen LogP) is 5.29. The maximum Gasteiger partial charge on any atom is 0.229 e. The summed E-state index contributed by atoms with van der Waals surface area (Å²) < 4.78 is 5.17. The Morgan fingerprint density at radius 3 is 2.59 bits per heavy atom. The van der Waals surface area contributed by atoms with Gasteiger partial charge in [0.2, 0.25) is 5.91 Å². The fourth-order valence-electron chi connectivity index (χ4n) is 5.21. The van der Waals surface area contributed by atoms with Crippen molar-refractivity contribution in [3.63, 3.8) is 0 Å². The van der Waals surface area contributed by atoms with E-state index in [1.165, 1.54) is 36.8 Å². The maximum absolute atomic E-state index is 12.4. The summed E-state index contributed by atoms with van der Waals surface area (Å²) in [5.74, 6) is 2.41. The van der Waals surface area contributed by atoms with Gasteiger partial charge in [0.15, 0.2) is 0 Å². The SMILES string of the molecule is COc1ccc(CC(=O)Nc2cc([C@H]3C[C@@H](c4cccc(CNC5CCCC5)c4)C3)n[nH]2)cc1. The first-order chi connectivity index (χ1) is 16.7. The van der Waals surface area contributed by atoms with Crippen LogP contribution in [-0.4, -0.2) is 29.3 Å². The second-order valence-electron chi connectivity index (χ2n) is 9.75. The number of H-pyrrole nitrogens is 1. The first-order valence-corrected chi connectivity index (χ1v) is 12.5. The summed E-state index contributed by atoms with van der Waals surface area (Å²) in [6.45, 7) is 0.966. The number of rotatable bonds is 9. The van der Waals surface area contributed by atoms with Crippen LogP contribution in [0.1, 0.15) is 72.7 Å². The van der Waals surface area contributed by atoms with Crippen molar-refractivity contribution in [3.8, 4) is 5.75 Å². The highest BCUT2D eigenvalue weighted by Crippen LogP contribution is 2.47. The van der Waals surface area contributed by atoms with Gasteiger partial charge in [-0.1, -0.05) is 49.2 Å². The molecular weight excluding hydrogens is 424 g/mol. The molecule has 6 nitrogen and oxygen atoms in total. The van der Waals surface area contributed by atoms with Gasteiger partial charge in [-0.3, -0.25) is 9.89 Å². The summed E-state index contributed by atoms with van der Waals surface area (Å²) in [4.78, 5) is 12.4. The minimum absolute atomic E-state index is 0.0603. The van der Waals surface area contributed by atoms with Crippen LogP contribution in [0, 0.1) is 0 Å². The minimum Gasteiger partial charge on any atom is -0.497 e. The van der Waals surface area contributed by atoms with Crippen molar-refractivity contribution >= 4 is 11.7 Å². The molecule has 1 amide bonds. The molecule has 2 aromatic carbocycles. The average molecular weight is 459 g/mol. The van der Waals surface area contributed by atoms with Gasteiger partial charge in [0.1, 0.15) is 11.6 Å². The lowest BCUT2D eigenvalue weighted by Gasteiger charge is -2.34. The van der Waals surface area contributed by atoms with Crippen LogP contribution in [0.3, 0.4) is 0 Å². The number of methoxy groups -OCH3 is 1. The van der Waals surface area contributed by atoms with Gasteiger partial charge in [0, 0.05) is 24.6 Å². The van der Waals surface area contributed by atoms with Crippen molar-refractivity contribution in [2.45, 2.75) is 69.4 Å². The number of nitrogens with zero attached hydrogens (tertiary/aromatic N) is 1. The highest BCUT2D eigenvalue weighted by Gasteiger charge is 2.33. The topological polar surface area (TPSA) is 79.0 Å². The van der Waals surface area contributed by atoms with Crippen molar-refractivity contribution in [1.29, 1.82) is 0 Å². The number of benzene rings is 2. The molecule has 0 atom stereocenters. The number of aromatic nitrogens is 2. The summed E-state index contributed by atoms with van der Waals surface area (Å²) in [7, 11) is 1.63. The number of carbonyl (C=O) groups is 1. The Kier molecular flexibility index (Phi) is 6.95. The normalized spacial score (nSPS) is 20.1. The molecule has 2 aliphatic rings. The molecule has 178 valence electrons. The number of ether oxygens (including phenoxy) is 1. The fraction of sp³-hybridized carbons (Fsp3) is 0.429. The van der Waals surface area contributed by atoms with Crippen molar-refractivity contribution < 1.29 is 9.53 Å². The Morgan fingerprint density at radius 2 is 1.82 bits per heavy atom. The Hall–Kier alpha value is -3.12. The molecule has 0 unspecified atom stereocenters. The van der Waals surface area contributed by atoms with Crippen molar-refractivity contribution in [2.24, 2.45) is 0 Å². The number of hydrogen-bond acceptors (Lipinski definition) is 4. The zero-order valence-corrected chi connectivity index (χ0v) is 19.8. The maximum atomic E-state index is 12.4. The number of anilines is 1. The molecule has 3 aromatic rings. The van der Waals surface area contributed by atoms with E-state index in [9.17, 15) is 4.79 Å². The molecule has 0 saturated heterocycles. The second kappa shape index (κ2) is 10.4. The lowest BCUT2D eigenvalue weighted by molar-refractivity contribution is -0.115. The van der Waals surface area contributed by atoms with E-state index in [1.54, 1.807) is 7.11 Å². The van der Waals surface area contributed by atoms with E-state index in [0.717, 1.165) is 36.4 Å². The predicted molar refractivity (Wildman–Crippen MR) is 134 cm³/mol. The average Bonchev–Trinajstić information content (AvgIpc) is 3.50. The van der Waals surface area contributed by atoms with Crippen LogP contribution < -0.4 is 15.4 Å². The van der Waals surface area contributed by atoms with Crippen LogP contribution in [0.25, 0.3) is 0 Å². The van der Waals surface area contributed by atoms with E-state index in [2.05, 4.69) is 45.1 Å². The lowest BCUT2D eigenvalue weighted by atomic mass is 9.70. The highest BCUT2D eigenvalue weighted by atomic mass is 16.5. The van der Waals surface area contributed by atoms with Gasteiger partial charge >= 0.3 is 0 Å². The van der Waals surface area contributed by atoms with E-state index in [4.69, 9.17) is 4.74 Å². The number of amides is 1. The van der Waals surface area contributed by atoms with Crippen molar-refractivity contribution in [3.05, 3.63) is 77.0 Å². The molecule has 0 radical (unpaired) electrons. The molecule has 2 aliphatic carbocycles. The van der Waals surface area contributed by atoms with Gasteiger partial charge in [-0.15, -0.1) is 0 Å². The Labute approximate surface area is 201 Å². The lowest BCUT2D eigenvalue weighted by Crippen LogP contribution is -2.25. The van der Waals surface area contributed by atoms with Gasteiger partial charge in [0.05, 0.1) is 19.2 Å². The summed E-state index contributed by atoms with van der Waals surface area (Å²) in [5.41, 5.74) is 4.80. The van der Waals surface area contributed by atoms with E-state index in [0.29, 0.717) is 30.1 Å². The number of nitrogens with one attached hydrogen (secondary N) is 3. The van der Waals surface area contributed by atoms with Crippen LogP contribution in [0.2, 0.25) is 0 Å². The molecule has 0 aliphatic heterocycles. The largest absolute Gasteiger partial charge is 0.497 e. The summed E-state index contributed by atoms with van der Waals surface area (Å²) >= 11 is 0. The summed E-state index contributed by atoms with van der Waals surface area (Å²) in [6, 6.07) is 19.3. The fourth-order valence-corrected chi connectivity index (χ4v) is 5.21. The molecule has 3 N–H and O–H groups in total. The first kappa shape index (κ1) is 22.7. The third kappa shape index (κ3) is 5.50. The molecule has 5 rings (SSSR count). The van der Waals surface area contributed by atoms with Crippen LogP contribution in [-0.2, 0) is 17.8 Å². The number of aromatic amines is 1. The first-order valence-electron chi connectivity index (χ1n) is 12.5. The van der Waals surface area contributed by atoms with Gasteiger partial charge < -0.3 is 15.4 Å². The number of hydrogen-bond donors (Lipinski definition) is 3. The Balaban J connectivity index is 1.10. The molecule has 1 aromatic heterocycles. The van der Waals surface area contributed by atoms with Crippen LogP contribution in [0.4, 0.5) is 5.82 Å². The molecule has 2 fully saturated rings. The van der Waals surface area contributed by atoms with Gasteiger partial charge in [-0.05, 0) is 60.4 Å². The molecule has 0 bridgehead atoms. The van der Waals surface area contributed by atoms with Gasteiger partial charge in [-0.25, -0.2) is 0 Å². The number of carbonyl (C=O) groups excluding carboxylic acids is 1. The smallest absolute Gasteiger partial charge is 0.229 e. The quantitative estimate of drug-likeness (QED) is 0.407. The molecular formula is C28H34N4O2. The standard InChI is InChI=1S/C28H34N4O2/c1-34-25-11-9-19(10-12-25)14-28(33)30-27-17-26(31-32-27)23-15-22(16-23)21-6-4-5-20(13-21)18-29-24-7-2-3-8-24/h4-6,9-13,17,22-24,29H,2-3,7-8,14-16,18H2,1H3,(H2,30,31,32,33)/t22-,23+. The van der Waals surface area contributed by atoms with E-state index in [1.807, 2.05) is 30.3 Å². The van der Waals surface area contributed by atoms with Crippen LogP contribution >= 0.6 is 0 Å². The van der Waals surface area contributed by atoms with Crippen LogP contribution in [0.15, 0.2) is 54.6 Å². The molecule has 1 heterocycles. The van der Waals surface area contributed by atoms with Crippen molar-refractivity contribution in [2.75, 3.05) is 12.4 Å². The zero-order chi connectivity index (χ0) is 23.3. The Bertz CT molecular complexity index is 1100. The molecule has 34 heavy (non-hydrogen) atoms. The minimum atomic E-state index is -0.0603. The monoisotopic (exact) mass is 458 g/mol. The van der Waals surface area contributed by atoms with Crippen molar-refractivity contribution in [1.82, 2.24) is 15.5 Å². The zero-order valence-electron chi connectivity index (χ0n) is 19.8. The molecule has 0 spiro atoms. The molecule has 6 heteroatoms. The van der Waals surface area contributed by atoms with E-state index >= 15 is 0 Å². The summed E-state index contributed by atoms with van der Waals surface area (Å²) in [6.07, 6.45) is 7.88. The third-order valence-corrected chi connectivity index (χ3v) is 7.32. The summed E-state index contributed by atoms with van der Waals surface area (Å²) in [5, 5.41) is 14.1. The molecule has 2 saturated carbocycles. The van der Waals surface area contributed by atoms with Gasteiger partial charge in [0.25, 0.3) is 0 Å². The van der Waals surface area contributed by atoms with E-state index < -0.39 is 0 Å². The highest BCUT2D eigenvalue weighted by molar-refractivity contribution is 5.91. The van der Waals surface area contributed by atoms with Gasteiger partial charge in [-0.2, -0.15) is 5.10 Å². The Morgan fingerprint density at radius 1 is 1.03 bits per heavy atom.